The fraction of sp³-hybridized carbons (Fsp3) is 0.619. The van der Waals surface area contributed by atoms with Crippen LogP contribution in [0.4, 0.5) is 0 Å². The van der Waals surface area contributed by atoms with Crippen molar-refractivity contribution in [2.24, 2.45) is 0 Å². The molecule has 3 heterocycles. The zero-order valence-electron chi connectivity index (χ0n) is 17.0. The molecular weight excluding hydrogens is 370 g/mol. The van der Waals surface area contributed by atoms with Crippen molar-refractivity contribution in [3.05, 3.63) is 39.3 Å². The molecule has 1 aliphatic heterocycles. The van der Waals surface area contributed by atoms with Crippen molar-refractivity contribution in [2.45, 2.75) is 45.2 Å². The van der Waals surface area contributed by atoms with Gasteiger partial charge in [0, 0.05) is 61.4 Å². The van der Waals surface area contributed by atoms with Gasteiger partial charge in [-0.15, -0.1) is 11.3 Å². The van der Waals surface area contributed by atoms with E-state index in [0.717, 1.165) is 65.0 Å². The lowest BCUT2D eigenvalue weighted by molar-refractivity contribution is 0.0656. The summed E-state index contributed by atoms with van der Waals surface area (Å²) in [4.78, 5) is 18.9. The van der Waals surface area contributed by atoms with Gasteiger partial charge in [-0.05, 0) is 51.1 Å². The average molecular weight is 402 g/mol. The molecule has 1 N–H and O–H groups in total. The molecule has 1 saturated heterocycles. The number of aromatic nitrogens is 2. The maximum Gasteiger partial charge on any atom is 0.274 e. The molecule has 6 nitrogen and oxygen atoms in total. The Morgan fingerprint density at radius 2 is 2.14 bits per heavy atom. The fourth-order valence-electron chi connectivity index (χ4n) is 4.31. The monoisotopic (exact) mass is 401 g/mol. The third-order valence-electron chi connectivity index (χ3n) is 6.02. The number of aryl methyl sites for hydroxylation is 1. The van der Waals surface area contributed by atoms with Crippen LogP contribution in [0.5, 0.6) is 0 Å². The smallest absolute Gasteiger partial charge is 0.274 e. The summed E-state index contributed by atoms with van der Waals surface area (Å²) < 4.78 is 2.06. The first-order chi connectivity index (χ1) is 13.7. The molecule has 2 aliphatic rings. The number of carbonyl (C=O) groups is 1. The Labute approximate surface area is 171 Å². The normalized spacial score (nSPS) is 20.4. The summed E-state index contributed by atoms with van der Waals surface area (Å²) in [6.45, 7) is 7.41. The molecule has 0 saturated carbocycles. The molecule has 4 rings (SSSR count). The van der Waals surface area contributed by atoms with Gasteiger partial charge >= 0.3 is 0 Å². The SMILES string of the molecule is CCn1nc(C(=O)N2CCN(C)CC2)c2c1CCC(NCCc1cccs1)C2. The summed E-state index contributed by atoms with van der Waals surface area (Å²) in [6.07, 6.45) is 4.10. The van der Waals surface area contributed by atoms with Crippen LogP contribution in [0.2, 0.25) is 0 Å². The Morgan fingerprint density at radius 1 is 1.32 bits per heavy atom. The lowest BCUT2D eigenvalue weighted by atomic mass is 9.91. The third kappa shape index (κ3) is 4.16. The van der Waals surface area contributed by atoms with Crippen LogP contribution >= 0.6 is 11.3 Å². The van der Waals surface area contributed by atoms with Gasteiger partial charge in [0.15, 0.2) is 5.69 Å². The van der Waals surface area contributed by atoms with Crippen molar-refractivity contribution in [1.82, 2.24) is 24.9 Å². The number of carbonyl (C=O) groups excluding carboxylic acids is 1. The second-order valence-corrected chi connectivity index (χ2v) is 8.94. The van der Waals surface area contributed by atoms with Crippen molar-refractivity contribution in [3.63, 3.8) is 0 Å². The highest BCUT2D eigenvalue weighted by Crippen LogP contribution is 2.26. The zero-order chi connectivity index (χ0) is 19.5. The molecule has 2 aromatic heterocycles. The second-order valence-electron chi connectivity index (χ2n) is 7.91. The molecule has 1 aliphatic carbocycles. The van der Waals surface area contributed by atoms with Gasteiger partial charge in [0.25, 0.3) is 5.91 Å². The molecule has 1 fully saturated rings. The van der Waals surface area contributed by atoms with E-state index < -0.39 is 0 Å². The van der Waals surface area contributed by atoms with Gasteiger partial charge < -0.3 is 15.1 Å². The molecule has 0 aromatic carbocycles. The van der Waals surface area contributed by atoms with E-state index in [1.165, 1.54) is 16.1 Å². The van der Waals surface area contributed by atoms with Crippen LogP contribution in [0.3, 0.4) is 0 Å². The minimum atomic E-state index is 0.121. The van der Waals surface area contributed by atoms with Crippen molar-refractivity contribution >= 4 is 17.2 Å². The van der Waals surface area contributed by atoms with E-state index in [1.807, 2.05) is 16.2 Å². The standard InChI is InChI=1S/C21H31N5OS/c1-3-26-19-7-6-16(22-9-8-17-5-4-14-28-17)15-18(19)20(23-26)21(27)25-12-10-24(2)11-13-25/h4-5,14,16,22H,3,6-13,15H2,1-2H3. The number of hydrogen-bond acceptors (Lipinski definition) is 5. The predicted octanol–water partition coefficient (Wildman–Crippen LogP) is 2.04. The van der Waals surface area contributed by atoms with Crippen molar-refractivity contribution < 1.29 is 4.79 Å². The fourth-order valence-corrected chi connectivity index (χ4v) is 5.02. The van der Waals surface area contributed by atoms with Gasteiger partial charge in [-0.2, -0.15) is 5.10 Å². The average Bonchev–Trinajstić information content (AvgIpc) is 3.35. The molecule has 0 radical (unpaired) electrons. The number of rotatable bonds is 6. The van der Waals surface area contributed by atoms with E-state index in [9.17, 15) is 4.79 Å². The van der Waals surface area contributed by atoms with Crippen LogP contribution in [0, 0.1) is 0 Å². The Balaban J connectivity index is 1.44. The molecule has 1 unspecified atom stereocenters. The van der Waals surface area contributed by atoms with E-state index in [4.69, 9.17) is 5.10 Å². The maximum absolute atomic E-state index is 13.2. The van der Waals surface area contributed by atoms with E-state index >= 15 is 0 Å². The number of nitrogens with one attached hydrogen (secondary N) is 1. The maximum atomic E-state index is 13.2. The van der Waals surface area contributed by atoms with Crippen LogP contribution < -0.4 is 5.32 Å². The van der Waals surface area contributed by atoms with Crippen molar-refractivity contribution in [3.8, 4) is 0 Å². The van der Waals surface area contributed by atoms with Crippen LogP contribution in [-0.4, -0.2) is 71.3 Å². The summed E-state index contributed by atoms with van der Waals surface area (Å²) in [5, 5.41) is 10.6. The highest BCUT2D eigenvalue weighted by atomic mass is 32.1. The van der Waals surface area contributed by atoms with E-state index in [1.54, 1.807) is 0 Å². The quantitative estimate of drug-likeness (QED) is 0.805. The lowest BCUT2D eigenvalue weighted by Crippen LogP contribution is -2.47. The highest BCUT2D eigenvalue weighted by Gasteiger charge is 2.31. The number of amides is 1. The van der Waals surface area contributed by atoms with Crippen LogP contribution in [0.1, 0.15) is 40.0 Å². The summed E-state index contributed by atoms with van der Waals surface area (Å²) in [7, 11) is 2.11. The molecule has 1 atom stereocenters. The Bertz CT molecular complexity index is 792. The van der Waals surface area contributed by atoms with E-state index in [2.05, 4.69) is 46.4 Å². The number of nitrogens with zero attached hydrogens (tertiary/aromatic N) is 4. The van der Waals surface area contributed by atoms with Gasteiger partial charge in [-0.3, -0.25) is 9.48 Å². The first-order valence-electron chi connectivity index (χ1n) is 10.5. The largest absolute Gasteiger partial charge is 0.335 e. The Hall–Kier alpha value is -1.70. The summed E-state index contributed by atoms with van der Waals surface area (Å²) >= 11 is 1.82. The third-order valence-corrected chi connectivity index (χ3v) is 6.96. The van der Waals surface area contributed by atoms with Crippen molar-refractivity contribution in [2.75, 3.05) is 39.8 Å². The predicted molar refractivity (Wildman–Crippen MR) is 113 cm³/mol. The second kappa shape index (κ2) is 8.76. The van der Waals surface area contributed by atoms with Crippen LogP contribution in [0.25, 0.3) is 0 Å². The first-order valence-corrected chi connectivity index (χ1v) is 11.4. The van der Waals surface area contributed by atoms with Crippen molar-refractivity contribution in [1.29, 1.82) is 0 Å². The summed E-state index contributed by atoms with van der Waals surface area (Å²) in [5.41, 5.74) is 3.16. The number of likely N-dealkylation sites (N-methyl/N-ethyl adjacent to an activating group) is 1. The topological polar surface area (TPSA) is 53.4 Å². The van der Waals surface area contributed by atoms with Crippen LogP contribution in [0.15, 0.2) is 17.5 Å². The van der Waals surface area contributed by atoms with Gasteiger partial charge in [0.2, 0.25) is 0 Å². The molecule has 28 heavy (non-hydrogen) atoms. The van der Waals surface area contributed by atoms with Gasteiger partial charge in [0.05, 0.1) is 0 Å². The van der Waals surface area contributed by atoms with E-state index in [0.29, 0.717) is 11.7 Å². The molecule has 0 spiro atoms. The molecular formula is C21H31N5OS. The van der Waals surface area contributed by atoms with Gasteiger partial charge in [-0.25, -0.2) is 0 Å². The number of piperazine rings is 1. The van der Waals surface area contributed by atoms with E-state index in [-0.39, 0.29) is 5.91 Å². The Morgan fingerprint density at radius 3 is 2.86 bits per heavy atom. The minimum Gasteiger partial charge on any atom is -0.335 e. The summed E-state index contributed by atoms with van der Waals surface area (Å²) in [5.74, 6) is 0.121. The zero-order valence-corrected chi connectivity index (χ0v) is 17.8. The molecule has 152 valence electrons. The first kappa shape index (κ1) is 19.6. The summed E-state index contributed by atoms with van der Waals surface area (Å²) in [6, 6.07) is 4.74. The number of hydrogen-bond donors (Lipinski definition) is 1. The van der Waals surface area contributed by atoms with Gasteiger partial charge in [-0.1, -0.05) is 6.07 Å². The Kier molecular flexibility index (Phi) is 6.13. The molecule has 0 bridgehead atoms. The lowest BCUT2D eigenvalue weighted by Gasteiger charge is -2.32. The molecule has 7 heteroatoms. The van der Waals surface area contributed by atoms with Gasteiger partial charge in [0.1, 0.15) is 0 Å². The molecule has 2 aromatic rings. The van der Waals surface area contributed by atoms with Crippen LogP contribution in [-0.2, 0) is 25.8 Å². The minimum absolute atomic E-state index is 0.121. The highest BCUT2D eigenvalue weighted by molar-refractivity contribution is 7.09. The number of fused-ring (bicyclic) bond motifs is 1. The molecule has 1 amide bonds. The number of thiophene rings is 1.